The third kappa shape index (κ3) is 3.41. The summed E-state index contributed by atoms with van der Waals surface area (Å²) < 4.78 is 0. The minimum atomic E-state index is 0.533. The molecule has 3 heteroatoms. The predicted octanol–water partition coefficient (Wildman–Crippen LogP) is 3.28. The molecule has 0 aromatic heterocycles. The number of nitrogens with zero attached hydrogens (tertiary/aromatic N) is 1. The Morgan fingerprint density at radius 1 is 1.44 bits per heavy atom. The summed E-state index contributed by atoms with van der Waals surface area (Å²) in [7, 11) is 0. The predicted molar refractivity (Wildman–Crippen MR) is 73.1 cm³/mol. The lowest BCUT2D eigenvalue weighted by molar-refractivity contribution is 0.507. The highest BCUT2D eigenvalue weighted by atomic mass is 32.2. The number of nitrogens with one attached hydrogen (secondary N) is 1. The van der Waals surface area contributed by atoms with E-state index < -0.39 is 0 Å². The van der Waals surface area contributed by atoms with E-state index in [1.807, 2.05) is 11.8 Å². The van der Waals surface area contributed by atoms with Crippen molar-refractivity contribution in [2.75, 3.05) is 5.75 Å². The molecule has 1 heterocycles. The number of hydrogen-bond donors (Lipinski definition) is 1. The molecule has 1 fully saturated rings. The van der Waals surface area contributed by atoms with Crippen LogP contribution in [-0.4, -0.2) is 23.0 Å². The molecule has 2 atom stereocenters. The monoisotopic (exact) mass is 240 g/mol. The van der Waals surface area contributed by atoms with Crippen molar-refractivity contribution in [1.82, 2.24) is 5.32 Å². The van der Waals surface area contributed by atoms with E-state index in [0.29, 0.717) is 18.0 Å². The molecule has 2 nitrogen and oxygen atoms in total. The van der Waals surface area contributed by atoms with Crippen LogP contribution in [0.4, 0.5) is 0 Å². The molecule has 0 spiro atoms. The standard InChI is InChI=1S/C13H24N2S/c1-4-11(7-10-5-6-10)14-13-15-12(8-16-13)9(2)3/h9-12H,4-8H2,1-3H3,(H,14,15)/t11?,12-/m1/s1. The lowest BCUT2D eigenvalue weighted by Crippen LogP contribution is -2.32. The Morgan fingerprint density at radius 2 is 2.19 bits per heavy atom. The zero-order valence-electron chi connectivity index (χ0n) is 10.7. The molecular weight excluding hydrogens is 216 g/mol. The van der Waals surface area contributed by atoms with Gasteiger partial charge in [0.1, 0.15) is 0 Å². The van der Waals surface area contributed by atoms with Crippen LogP contribution in [0.25, 0.3) is 0 Å². The normalized spacial score (nSPS) is 27.0. The van der Waals surface area contributed by atoms with E-state index in [-0.39, 0.29) is 0 Å². The number of rotatable bonds is 5. The molecule has 0 aromatic carbocycles. The largest absolute Gasteiger partial charge is 0.362 e. The Balaban J connectivity index is 1.80. The van der Waals surface area contributed by atoms with Gasteiger partial charge in [-0.1, -0.05) is 45.4 Å². The van der Waals surface area contributed by atoms with Crippen LogP contribution in [0.15, 0.2) is 4.99 Å². The SMILES string of the molecule is CCC(CC1CC1)NC1=N[C@@H](C(C)C)CS1. The maximum Gasteiger partial charge on any atom is 0.157 e. The number of thioether (sulfide) groups is 1. The minimum absolute atomic E-state index is 0.533. The number of hydrogen-bond acceptors (Lipinski definition) is 3. The van der Waals surface area contributed by atoms with Crippen molar-refractivity contribution >= 4 is 16.9 Å². The van der Waals surface area contributed by atoms with Gasteiger partial charge in [0.2, 0.25) is 0 Å². The fourth-order valence-electron chi connectivity index (χ4n) is 2.07. The Hall–Kier alpha value is -0.180. The summed E-state index contributed by atoms with van der Waals surface area (Å²) in [5.74, 6) is 2.85. The topological polar surface area (TPSA) is 24.4 Å². The molecule has 0 saturated heterocycles. The lowest BCUT2D eigenvalue weighted by atomic mass is 10.1. The summed E-state index contributed by atoms with van der Waals surface area (Å²) in [6, 6.07) is 1.19. The van der Waals surface area contributed by atoms with Crippen molar-refractivity contribution in [2.45, 2.75) is 58.5 Å². The summed E-state index contributed by atoms with van der Waals surface area (Å²) >= 11 is 1.91. The highest BCUT2D eigenvalue weighted by molar-refractivity contribution is 8.14. The fraction of sp³-hybridized carbons (Fsp3) is 0.923. The van der Waals surface area contributed by atoms with Gasteiger partial charge in [-0.15, -0.1) is 0 Å². The second-order valence-electron chi connectivity index (χ2n) is 5.49. The van der Waals surface area contributed by atoms with Gasteiger partial charge in [-0.2, -0.15) is 0 Å². The Labute approximate surface area is 104 Å². The Morgan fingerprint density at radius 3 is 2.69 bits per heavy atom. The lowest BCUT2D eigenvalue weighted by Gasteiger charge is -2.17. The number of amidine groups is 1. The molecule has 2 rings (SSSR count). The van der Waals surface area contributed by atoms with Gasteiger partial charge < -0.3 is 5.32 Å². The van der Waals surface area contributed by atoms with E-state index in [2.05, 4.69) is 26.1 Å². The van der Waals surface area contributed by atoms with Crippen LogP contribution in [0.1, 0.15) is 46.5 Å². The molecule has 1 unspecified atom stereocenters. The van der Waals surface area contributed by atoms with Gasteiger partial charge in [-0.05, 0) is 24.7 Å². The van der Waals surface area contributed by atoms with E-state index in [0.717, 1.165) is 5.92 Å². The Kier molecular flexibility index (Phi) is 4.17. The maximum atomic E-state index is 4.77. The maximum absolute atomic E-state index is 4.77. The first-order valence-electron chi connectivity index (χ1n) is 6.66. The molecule has 0 bridgehead atoms. The summed E-state index contributed by atoms with van der Waals surface area (Å²) in [5, 5.41) is 4.83. The van der Waals surface area contributed by atoms with Crippen molar-refractivity contribution in [2.24, 2.45) is 16.8 Å². The van der Waals surface area contributed by atoms with E-state index in [9.17, 15) is 0 Å². The molecular formula is C13H24N2S. The van der Waals surface area contributed by atoms with Gasteiger partial charge in [0.15, 0.2) is 5.17 Å². The second kappa shape index (κ2) is 5.44. The summed E-state index contributed by atoms with van der Waals surface area (Å²) in [5.41, 5.74) is 0. The van der Waals surface area contributed by atoms with Crippen molar-refractivity contribution in [1.29, 1.82) is 0 Å². The highest BCUT2D eigenvalue weighted by Gasteiger charge is 2.27. The van der Waals surface area contributed by atoms with Crippen molar-refractivity contribution in [3.63, 3.8) is 0 Å². The van der Waals surface area contributed by atoms with Crippen LogP contribution in [-0.2, 0) is 0 Å². The van der Waals surface area contributed by atoms with Gasteiger partial charge in [-0.25, -0.2) is 0 Å². The van der Waals surface area contributed by atoms with Gasteiger partial charge >= 0.3 is 0 Å². The average Bonchev–Trinajstić information content (AvgIpc) is 2.93. The van der Waals surface area contributed by atoms with Gasteiger partial charge in [0, 0.05) is 11.8 Å². The average molecular weight is 240 g/mol. The van der Waals surface area contributed by atoms with Crippen molar-refractivity contribution < 1.29 is 0 Å². The van der Waals surface area contributed by atoms with Crippen molar-refractivity contribution in [3.8, 4) is 0 Å². The van der Waals surface area contributed by atoms with E-state index >= 15 is 0 Å². The fourth-order valence-corrected chi connectivity index (χ4v) is 3.32. The van der Waals surface area contributed by atoms with E-state index in [1.165, 1.54) is 36.6 Å². The van der Waals surface area contributed by atoms with E-state index in [4.69, 9.17) is 4.99 Å². The molecule has 1 aliphatic carbocycles. The summed E-state index contributed by atoms with van der Waals surface area (Å²) in [6.07, 6.45) is 5.48. The molecule has 92 valence electrons. The molecule has 2 aliphatic rings. The molecule has 0 radical (unpaired) electrons. The first-order chi connectivity index (χ1) is 7.69. The Bertz CT molecular complexity index is 259. The van der Waals surface area contributed by atoms with Crippen LogP contribution in [0, 0.1) is 11.8 Å². The van der Waals surface area contributed by atoms with Gasteiger partial charge in [0.05, 0.1) is 6.04 Å². The zero-order valence-corrected chi connectivity index (χ0v) is 11.5. The molecule has 1 N–H and O–H groups in total. The zero-order chi connectivity index (χ0) is 11.5. The quantitative estimate of drug-likeness (QED) is 0.797. The minimum Gasteiger partial charge on any atom is -0.362 e. The van der Waals surface area contributed by atoms with Crippen LogP contribution < -0.4 is 5.32 Å². The third-order valence-corrected chi connectivity index (χ3v) is 4.58. The van der Waals surface area contributed by atoms with Crippen LogP contribution in [0.2, 0.25) is 0 Å². The first-order valence-corrected chi connectivity index (χ1v) is 7.64. The molecule has 16 heavy (non-hydrogen) atoms. The summed E-state index contributed by atoms with van der Waals surface area (Å²) in [4.78, 5) is 4.77. The van der Waals surface area contributed by atoms with Gasteiger partial charge in [0.25, 0.3) is 0 Å². The first kappa shape index (κ1) is 12.3. The molecule has 0 amide bonds. The summed E-state index contributed by atoms with van der Waals surface area (Å²) in [6.45, 7) is 6.80. The van der Waals surface area contributed by atoms with Gasteiger partial charge in [-0.3, -0.25) is 4.99 Å². The van der Waals surface area contributed by atoms with Crippen LogP contribution >= 0.6 is 11.8 Å². The van der Waals surface area contributed by atoms with Crippen molar-refractivity contribution in [3.05, 3.63) is 0 Å². The second-order valence-corrected chi connectivity index (χ2v) is 6.49. The molecule has 0 aromatic rings. The smallest absolute Gasteiger partial charge is 0.157 e. The highest BCUT2D eigenvalue weighted by Crippen LogP contribution is 2.34. The van der Waals surface area contributed by atoms with Crippen LogP contribution in [0.3, 0.4) is 0 Å². The number of aliphatic imine (C=N–C) groups is 1. The third-order valence-electron chi connectivity index (χ3n) is 3.58. The molecule has 1 saturated carbocycles. The van der Waals surface area contributed by atoms with E-state index in [1.54, 1.807) is 0 Å². The van der Waals surface area contributed by atoms with Crippen LogP contribution in [0.5, 0.6) is 0 Å². The molecule has 1 aliphatic heterocycles.